The van der Waals surface area contributed by atoms with Crippen LogP contribution in [0.2, 0.25) is 0 Å². The van der Waals surface area contributed by atoms with E-state index >= 15 is 0 Å². The molecule has 1 fully saturated rings. The minimum absolute atomic E-state index is 0.00187. The molecule has 0 spiro atoms. The molecule has 0 amide bonds. The zero-order valence-corrected chi connectivity index (χ0v) is 22.2. The van der Waals surface area contributed by atoms with Crippen LogP contribution >= 0.6 is 11.6 Å². The normalized spacial score (nSPS) is 19.3. The van der Waals surface area contributed by atoms with Crippen molar-refractivity contribution in [2.24, 2.45) is 0 Å². The van der Waals surface area contributed by atoms with Gasteiger partial charge in [0.05, 0.1) is 14.2 Å². The van der Waals surface area contributed by atoms with Gasteiger partial charge in [-0.3, -0.25) is 9.29 Å². The van der Waals surface area contributed by atoms with Crippen molar-refractivity contribution in [2.45, 2.75) is 49.3 Å². The second kappa shape index (κ2) is 10.6. The Kier molecular flexibility index (Phi) is 7.67. The summed E-state index contributed by atoms with van der Waals surface area (Å²) >= 11 is 6.24. The maximum absolute atomic E-state index is 13.5. The average molecular weight is 537 g/mol. The van der Waals surface area contributed by atoms with Gasteiger partial charge in [0, 0.05) is 30.8 Å². The van der Waals surface area contributed by atoms with E-state index in [-0.39, 0.29) is 23.1 Å². The first-order valence-electron chi connectivity index (χ1n) is 11.3. The summed E-state index contributed by atoms with van der Waals surface area (Å²) in [7, 11) is 0.415. The molecule has 0 aliphatic heterocycles. The first kappa shape index (κ1) is 26.1. The van der Waals surface area contributed by atoms with Crippen LogP contribution in [0.1, 0.15) is 49.0 Å². The first-order chi connectivity index (χ1) is 17.2. The predicted molar refractivity (Wildman–Crippen MR) is 135 cm³/mol. The van der Waals surface area contributed by atoms with Crippen LogP contribution in [0.4, 0.5) is 5.95 Å². The summed E-state index contributed by atoms with van der Waals surface area (Å²) in [4.78, 5) is 8.50. The Morgan fingerprint density at radius 3 is 2.22 bits per heavy atom. The number of para-hydroxylation sites is 1. The molecule has 2 atom stereocenters. The third kappa shape index (κ3) is 4.97. The molecule has 0 bridgehead atoms. The van der Waals surface area contributed by atoms with Crippen LogP contribution in [0.3, 0.4) is 0 Å². The van der Waals surface area contributed by atoms with E-state index in [4.69, 9.17) is 25.8 Å². The van der Waals surface area contributed by atoms with E-state index in [0.717, 1.165) is 5.56 Å². The number of aromatic nitrogens is 5. The molecule has 1 aliphatic rings. The molecule has 1 aliphatic carbocycles. The summed E-state index contributed by atoms with van der Waals surface area (Å²) in [6.45, 7) is 3.37. The molecule has 0 radical (unpaired) electrons. The number of methoxy groups -OCH3 is 3. The molecule has 0 unspecified atom stereocenters. The molecule has 11 nitrogen and oxygen atoms in total. The number of rotatable bonds is 10. The average Bonchev–Trinajstić information content (AvgIpc) is 3.24. The van der Waals surface area contributed by atoms with Gasteiger partial charge in [-0.15, -0.1) is 21.8 Å². The molecule has 36 heavy (non-hydrogen) atoms. The standard InChI is InChI=1S/C23H29ClN6O5S/c1-13-11-25-21(26-12-13)20(35-5)14(2)36(31,32)29-23-28-27-22(15-9-16(24)10-15)30(23)19-17(33-3)7-6-8-18(19)34-4/h6-8,11-12,14-16,20H,9-10H2,1-5H3,(H,28,29)/t14-,15-,16+,20-/m0/s1. The van der Waals surface area contributed by atoms with E-state index in [1.54, 1.807) is 35.2 Å². The molecule has 2 heterocycles. The van der Waals surface area contributed by atoms with Crippen molar-refractivity contribution in [3.8, 4) is 17.2 Å². The molecular formula is C23H29ClN6O5S. The van der Waals surface area contributed by atoms with Gasteiger partial charge in [-0.1, -0.05) is 6.07 Å². The minimum Gasteiger partial charge on any atom is -0.494 e. The molecule has 4 rings (SSSR count). The second-order valence-corrected chi connectivity index (χ2v) is 11.3. The molecule has 3 aromatic rings. The zero-order chi connectivity index (χ0) is 26.0. The number of nitrogens with zero attached hydrogens (tertiary/aromatic N) is 5. The van der Waals surface area contributed by atoms with E-state index in [1.807, 2.05) is 6.92 Å². The number of benzene rings is 1. The van der Waals surface area contributed by atoms with Crippen LogP contribution in [0.5, 0.6) is 11.5 Å². The Labute approximate surface area is 215 Å². The molecule has 1 N–H and O–H groups in total. The SMILES string of the molecule is COc1cccc(OC)c1-n1c(NS(=O)(=O)[C@@H](C)[C@H](OC)c2ncc(C)cn2)nnc1[C@H]1C[C@@H](Cl)C1. The monoisotopic (exact) mass is 536 g/mol. The maximum Gasteiger partial charge on any atom is 0.243 e. The van der Waals surface area contributed by atoms with Gasteiger partial charge in [-0.05, 0) is 44.4 Å². The number of aryl methyl sites for hydroxylation is 1. The molecule has 1 aromatic carbocycles. The van der Waals surface area contributed by atoms with Crippen molar-refractivity contribution in [1.29, 1.82) is 0 Å². The van der Waals surface area contributed by atoms with Crippen molar-refractivity contribution in [1.82, 2.24) is 24.7 Å². The summed E-state index contributed by atoms with van der Waals surface area (Å²) < 4.78 is 47.9. The lowest BCUT2D eigenvalue weighted by molar-refractivity contribution is 0.0949. The van der Waals surface area contributed by atoms with Crippen LogP contribution in [0, 0.1) is 6.92 Å². The Hall–Kier alpha value is -2.96. The number of nitrogens with one attached hydrogen (secondary N) is 1. The van der Waals surface area contributed by atoms with Crippen molar-refractivity contribution in [3.63, 3.8) is 0 Å². The van der Waals surface area contributed by atoms with Crippen LogP contribution in [0.15, 0.2) is 30.6 Å². The molecule has 2 aromatic heterocycles. The second-order valence-electron chi connectivity index (χ2n) is 8.62. The van der Waals surface area contributed by atoms with Gasteiger partial charge in [-0.2, -0.15) is 0 Å². The van der Waals surface area contributed by atoms with Gasteiger partial charge < -0.3 is 14.2 Å². The third-order valence-corrected chi connectivity index (χ3v) is 8.27. The molecule has 13 heteroatoms. The van der Waals surface area contributed by atoms with Crippen LogP contribution < -0.4 is 14.2 Å². The summed E-state index contributed by atoms with van der Waals surface area (Å²) in [5.74, 6) is 1.75. The highest BCUT2D eigenvalue weighted by molar-refractivity contribution is 7.93. The topological polar surface area (TPSA) is 130 Å². The quantitative estimate of drug-likeness (QED) is 0.387. The van der Waals surface area contributed by atoms with Gasteiger partial charge >= 0.3 is 0 Å². The number of anilines is 1. The van der Waals surface area contributed by atoms with Gasteiger partial charge in [0.15, 0.2) is 5.82 Å². The summed E-state index contributed by atoms with van der Waals surface area (Å²) in [6.07, 6.45) is 3.69. The van der Waals surface area contributed by atoms with Crippen LogP contribution in [-0.4, -0.2) is 65.1 Å². The number of halogens is 1. The largest absolute Gasteiger partial charge is 0.494 e. The van der Waals surface area contributed by atoms with E-state index < -0.39 is 21.4 Å². The fourth-order valence-corrected chi connectivity index (χ4v) is 5.66. The van der Waals surface area contributed by atoms with Crippen LogP contribution in [-0.2, 0) is 14.8 Å². The maximum atomic E-state index is 13.5. The van der Waals surface area contributed by atoms with Crippen LogP contribution in [0.25, 0.3) is 5.69 Å². The third-order valence-electron chi connectivity index (χ3n) is 6.22. The summed E-state index contributed by atoms with van der Waals surface area (Å²) in [5, 5.41) is 7.51. The van der Waals surface area contributed by atoms with Gasteiger partial charge in [0.1, 0.15) is 34.4 Å². The number of sulfonamides is 1. The Morgan fingerprint density at radius 1 is 1.08 bits per heavy atom. The molecule has 194 valence electrons. The van der Waals surface area contributed by atoms with Crippen molar-refractivity contribution < 1.29 is 22.6 Å². The van der Waals surface area contributed by atoms with E-state index in [1.165, 1.54) is 28.3 Å². The number of alkyl halides is 1. The highest BCUT2D eigenvalue weighted by atomic mass is 35.5. The minimum atomic E-state index is -4.05. The van der Waals surface area contributed by atoms with Gasteiger partial charge in [0.2, 0.25) is 16.0 Å². The Morgan fingerprint density at radius 2 is 1.69 bits per heavy atom. The number of ether oxygens (including phenoxy) is 3. The number of hydrogen-bond donors (Lipinski definition) is 1. The lowest BCUT2D eigenvalue weighted by Crippen LogP contribution is -2.33. The van der Waals surface area contributed by atoms with E-state index in [9.17, 15) is 8.42 Å². The first-order valence-corrected chi connectivity index (χ1v) is 13.3. The van der Waals surface area contributed by atoms with Gasteiger partial charge in [0.25, 0.3) is 0 Å². The van der Waals surface area contributed by atoms with Crippen molar-refractivity contribution >= 4 is 27.6 Å². The lowest BCUT2D eigenvalue weighted by atomic mass is 9.84. The lowest BCUT2D eigenvalue weighted by Gasteiger charge is -2.31. The Bertz CT molecular complexity index is 1290. The Balaban J connectivity index is 1.76. The van der Waals surface area contributed by atoms with E-state index in [0.29, 0.717) is 35.9 Å². The highest BCUT2D eigenvalue weighted by Gasteiger charge is 2.38. The molecule has 0 saturated heterocycles. The van der Waals surface area contributed by atoms with Gasteiger partial charge in [-0.25, -0.2) is 18.4 Å². The smallest absolute Gasteiger partial charge is 0.243 e. The van der Waals surface area contributed by atoms with Crippen molar-refractivity contribution in [2.75, 3.05) is 26.1 Å². The van der Waals surface area contributed by atoms with E-state index in [2.05, 4.69) is 24.9 Å². The highest BCUT2D eigenvalue weighted by Crippen LogP contribution is 2.43. The number of hydrogen-bond acceptors (Lipinski definition) is 9. The van der Waals surface area contributed by atoms with Crippen molar-refractivity contribution in [3.05, 3.63) is 47.8 Å². The fraction of sp³-hybridized carbons (Fsp3) is 0.478. The molecule has 1 saturated carbocycles. The zero-order valence-electron chi connectivity index (χ0n) is 20.7. The molecular weight excluding hydrogens is 508 g/mol. The summed E-state index contributed by atoms with van der Waals surface area (Å²) in [6, 6.07) is 5.28. The fourth-order valence-electron chi connectivity index (χ4n) is 4.10. The predicted octanol–water partition coefficient (Wildman–Crippen LogP) is 3.39. The summed E-state index contributed by atoms with van der Waals surface area (Å²) in [5.41, 5.74) is 1.33.